The van der Waals surface area contributed by atoms with Crippen LogP contribution < -0.4 is 10.9 Å². The third-order valence-corrected chi connectivity index (χ3v) is 4.73. The molecule has 2 rings (SSSR count). The molecule has 0 amide bonds. The third kappa shape index (κ3) is 3.43. The minimum absolute atomic E-state index is 0.190. The summed E-state index contributed by atoms with van der Waals surface area (Å²) in [7, 11) is 0. The fraction of sp³-hybridized carbons (Fsp3) is 0.600. The Bertz CT molecular complexity index is 555. The highest BCUT2D eigenvalue weighted by molar-refractivity contribution is 9.10. The van der Waals surface area contributed by atoms with Crippen molar-refractivity contribution in [2.75, 3.05) is 5.32 Å². The number of halogens is 1. The van der Waals surface area contributed by atoms with Crippen LogP contribution in [-0.2, 0) is 6.54 Å². The van der Waals surface area contributed by atoms with Crippen LogP contribution in [0.5, 0.6) is 0 Å². The topological polar surface area (TPSA) is 46.9 Å². The molecule has 20 heavy (non-hydrogen) atoms. The number of nitrogens with zero attached hydrogens (tertiary/aromatic N) is 2. The predicted molar refractivity (Wildman–Crippen MR) is 84.7 cm³/mol. The molecule has 1 unspecified atom stereocenters. The molecule has 108 valence electrons. The predicted octanol–water partition coefficient (Wildman–Crippen LogP) is 3.02. The van der Waals surface area contributed by atoms with E-state index in [4.69, 9.17) is 6.42 Å². The maximum Gasteiger partial charge on any atom is 0.284 e. The van der Waals surface area contributed by atoms with E-state index in [9.17, 15) is 4.79 Å². The Hall–Kier alpha value is -1.28. The van der Waals surface area contributed by atoms with E-state index >= 15 is 0 Å². The first-order valence-electron chi connectivity index (χ1n) is 7.09. The summed E-state index contributed by atoms with van der Waals surface area (Å²) >= 11 is 3.35. The zero-order chi connectivity index (χ0) is 14.5. The Kier molecular flexibility index (Phi) is 5.24. The van der Waals surface area contributed by atoms with E-state index in [2.05, 4.69) is 39.2 Å². The Morgan fingerprint density at radius 1 is 1.55 bits per heavy atom. The fourth-order valence-electron chi connectivity index (χ4n) is 2.76. The van der Waals surface area contributed by atoms with Crippen molar-refractivity contribution in [2.24, 2.45) is 5.92 Å². The second kappa shape index (κ2) is 6.94. The number of hydrogen-bond acceptors (Lipinski definition) is 3. The summed E-state index contributed by atoms with van der Waals surface area (Å²) in [5, 5.41) is 7.51. The molecule has 1 aliphatic rings. The average molecular weight is 338 g/mol. The lowest BCUT2D eigenvalue weighted by molar-refractivity contribution is 0.328. The van der Waals surface area contributed by atoms with Gasteiger partial charge in [0.15, 0.2) is 0 Å². The molecule has 1 aromatic rings. The summed E-state index contributed by atoms with van der Waals surface area (Å²) in [5.41, 5.74) is 0.560. The Labute approximate surface area is 128 Å². The molecule has 5 heteroatoms. The van der Waals surface area contributed by atoms with Gasteiger partial charge in [0, 0.05) is 6.04 Å². The summed E-state index contributed by atoms with van der Waals surface area (Å²) in [6, 6.07) is 0.344. The number of rotatable bonds is 4. The van der Waals surface area contributed by atoms with Crippen LogP contribution in [0.2, 0.25) is 0 Å². The zero-order valence-corrected chi connectivity index (χ0v) is 13.3. The van der Waals surface area contributed by atoms with Crippen LogP contribution in [0.3, 0.4) is 0 Å². The maximum absolute atomic E-state index is 12.1. The first kappa shape index (κ1) is 15.1. The van der Waals surface area contributed by atoms with Crippen molar-refractivity contribution in [3.8, 4) is 12.3 Å². The highest BCUT2D eigenvalue weighted by atomic mass is 79.9. The molecule has 0 radical (unpaired) electrons. The zero-order valence-electron chi connectivity index (χ0n) is 11.7. The van der Waals surface area contributed by atoms with Crippen molar-refractivity contribution in [1.82, 2.24) is 9.78 Å². The van der Waals surface area contributed by atoms with Crippen LogP contribution in [0.15, 0.2) is 15.5 Å². The van der Waals surface area contributed by atoms with Crippen molar-refractivity contribution in [1.29, 1.82) is 0 Å². The molecular weight excluding hydrogens is 318 g/mol. The minimum Gasteiger partial charge on any atom is -0.380 e. The first-order valence-corrected chi connectivity index (χ1v) is 7.88. The van der Waals surface area contributed by atoms with Crippen molar-refractivity contribution in [3.63, 3.8) is 0 Å². The van der Waals surface area contributed by atoms with Gasteiger partial charge in [-0.3, -0.25) is 4.79 Å². The number of hydrogen-bond donors (Lipinski definition) is 1. The molecule has 0 spiro atoms. The number of nitrogens with one attached hydrogen (secondary N) is 1. The Balaban J connectivity index is 2.11. The van der Waals surface area contributed by atoms with Gasteiger partial charge in [0.25, 0.3) is 5.56 Å². The quantitative estimate of drug-likeness (QED) is 0.859. The summed E-state index contributed by atoms with van der Waals surface area (Å²) in [5.74, 6) is 3.09. The van der Waals surface area contributed by atoms with Gasteiger partial charge >= 0.3 is 0 Å². The largest absolute Gasteiger partial charge is 0.380 e. The number of aromatic nitrogens is 2. The molecule has 1 heterocycles. The van der Waals surface area contributed by atoms with Crippen LogP contribution in [0, 0.1) is 18.3 Å². The third-order valence-electron chi connectivity index (χ3n) is 3.97. The molecule has 0 aliphatic heterocycles. The Morgan fingerprint density at radius 3 is 2.90 bits per heavy atom. The Morgan fingerprint density at radius 2 is 2.25 bits per heavy atom. The van der Waals surface area contributed by atoms with Gasteiger partial charge in [-0.2, -0.15) is 5.10 Å². The molecule has 0 bridgehead atoms. The van der Waals surface area contributed by atoms with Crippen LogP contribution in [0.4, 0.5) is 5.69 Å². The van der Waals surface area contributed by atoms with Crippen LogP contribution >= 0.6 is 15.9 Å². The van der Waals surface area contributed by atoms with E-state index in [1.54, 1.807) is 6.20 Å². The monoisotopic (exact) mass is 337 g/mol. The van der Waals surface area contributed by atoms with Gasteiger partial charge in [0.2, 0.25) is 0 Å². The minimum atomic E-state index is -0.191. The molecule has 1 atom stereocenters. The lowest BCUT2D eigenvalue weighted by atomic mass is 9.84. The van der Waals surface area contributed by atoms with E-state index in [-0.39, 0.29) is 12.1 Å². The standard InChI is InChI=1S/C15H20BrN3O/c1-3-9-19-15(20)14(16)13(10-17-19)18-11(2)12-7-5-4-6-8-12/h1,10-12,18H,4-9H2,2H3. The lowest BCUT2D eigenvalue weighted by Gasteiger charge is -2.29. The van der Waals surface area contributed by atoms with Gasteiger partial charge < -0.3 is 5.32 Å². The molecule has 1 aromatic heterocycles. The molecular formula is C15H20BrN3O. The van der Waals surface area contributed by atoms with E-state index < -0.39 is 0 Å². The van der Waals surface area contributed by atoms with Gasteiger partial charge in [-0.25, -0.2) is 4.68 Å². The van der Waals surface area contributed by atoms with E-state index in [0.717, 1.165) is 5.69 Å². The second-order valence-corrected chi connectivity index (χ2v) is 6.16. The van der Waals surface area contributed by atoms with Crippen molar-refractivity contribution >= 4 is 21.6 Å². The lowest BCUT2D eigenvalue weighted by Crippen LogP contribution is -2.30. The molecule has 1 N–H and O–H groups in total. The smallest absolute Gasteiger partial charge is 0.284 e. The van der Waals surface area contributed by atoms with Crippen molar-refractivity contribution < 1.29 is 0 Å². The molecule has 0 saturated heterocycles. The van der Waals surface area contributed by atoms with Crippen molar-refractivity contribution in [2.45, 2.75) is 51.6 Å². The van der Waals surface area contributed by atoms with Crippen LogP contribution in [0.25, 0.3) is 0 Å². The van der Waals surface area contributed by atoms with Gasteiger partial charge in [-0.05, 0) is 41.6 Å². The highest BCUT2D eigenvalue weighted by Crippen LogP contribution is 2.28. The van der Waals surface area contributed by atoms with Gasteiger partial charge in [-0.1, -0.05) is 25.2 Å². The highest BCUT2D eigenvalue weighted by Gasteiger charge is 2.21. The fourth-order valence-corrected chi connectivity index (χ4v) is 3.18. The normalized spacial score (nSPS) is 17.4. The first-order chi connectivity index (χ1) is 9.63. The number of anilines is 1. The van der Waals surface area contributed by atoms with E-state index in [1.165, 1.54) is 36.8 Å². The van der Waals surface area contributed by atoms with Gasteiger partial charge in [0.1, 0.15) is 11.0 Å². The molecule has 0 aromatic carbocycles. The summed E-state index contributed by atoms with van der Waals surface area (Å²) in [6.07, 6.45) is 13.4. The molecule has 1 aliphatic carbocycles. The molecule has 1 fully saturated rings. The SMILES string of the molecule is C#CCn1ncc(NC(C)C2CCCCC2)c(Br)c1=O. The van der Waals surface area contributed by atoms with Gasteiger partial charge in [0.05, 0.1) is 11.9 Å². The van der Waals surface area contributed by atoms with Crippen molar-refractivity contribution in [3.05, 3.63) is 21.0 Å². The molecule has 4 nitrogen and oxygen atoms in total. The molecule has 1 saturated carbocycles. The van der Waals surface area contributed by atoms with Gasteiger partial charge in [-0.15, -0.1) is 6.42 Å². The maximum atomic E-state index is 12.1. The summed E-state index contributed by atoms with van der Waals surface area (Å²) in [6.45, 7) is 2.37. The second-order valence-electron chi connectivity index (χ2n) is 5.37. The van der Waals surface area contributed by atoms with E-state index in [0.29, 0.717) is 16.4 Å². The number of terminal acetylenes is 1. The van der Waals surface area contributed by atoms with Crippen LogP contribution in [-0.4, -0.2) is 15.8 Å². The summed E-state index contributed by atoms with van der Waals surface area (Å²) in [4.78, 5) is 12.1. The van der Waals surface area contributed by atoms with E-state index in [1.807, 2.05) is 0 Å². The summed E-state index contributed by atoms with van der Waals surface area (Å²) < 4.78 is 1.78. The average Bonchev–Trinajstić information content (AvgIpc) is 2.48. The van der Waals surface area contributed by atoms with Crippen LogP contribution in [0.1, 0.15) is 39.0 Å².